The predicted octanol–water partition coefficient (Wildman–Crippen LogP) is 2.23. The van der Waals surface area contributed by atoms with Gasteiger partial charge in [-0.25, -0.2) is 4.52 Å². The van der Waals surface area contributed by atoms with Crippen molar-refractivity contribution in [1.29, 1.82) is 0 Å². The molecule has 0 saturated heterocycles. The lowest BCUT2D eigenvalue weighted by atomic mass is 10.3. The van der Waals surface area contributed by atoms with Gasteiger partial charge in [0.2, 0.25) is 0 Å². The number of amides is 1. The normalized spacial score (nSPS) is 10.7. The Balaban J connectivity index is 1.99. The number of halogens is 1. The highest BCUT2D eigenvalue weighted by atomic mass is 35.5. The van der Waals surface area contributed by atoms with E-state index in [2.05, 4.69) is 20.1 Å². The predicted molar refractivity (Wildman–Crippen MR) is 64.7 cm³/mol. The van der Waals surface area contributed by atoms with Crippen molar-refractivity contribution < 1.29 is 9.32 Å². The minimum Gasteiger partial charge on any atom is -0.363 e. The molecule has 0 saturated carbocycles. The standard InChI is InChI=1S/C11H7ClN4O2/c12-9-7-3-1-2-5-16(7)14-10(9)11(17)13-8-4-6-18-15-8/h1-6H,(H,13,15,17). The van der Waals surface area contributed by atoms with Crippen molar-refractivity contribution in [2.45, 2.75) is 0 Å². The summed E-state index contributed by atoms with van der Waals surface area (Å²) in [5, 5.41) is 10.5. The quantitative estimate of drug-likeness (QED) is 0.769. The number of hydrogen-bond donors (Lipinski definition) is 1. The molecular weight excluding hydrogens is 256 g/mol. The van der Waals surface area contributed by atoms with Crippen LogP contribution in [0.1, 0.15) is 10.5 Å². The summed E-state index contributed by atoms with van der Waals surface area (Å²) in [7, 11) is 0. The molecule has 0 radical (unpaired) electrons. The lowest BCUT2D eigenvalue weighted by Gasteiger charge is -1.96. The molecule has 90 valence electrons. The van der Waals surface area contributed by atoms with Crippen LogP contribution in [0.5, 0.6) is 0 Å². The van der Waals surface area contributed by atoms with E-state index >= 15 is 0 Å². The van der Waals surface area contributed by atoms with E-state index in [0.717, 1.165) is 0 Å². The van der Waals surface area contributed by atoms with Crippen LogP contribution in [-0.4, -0.2) is 20.7 Å². The van der Waals surface area contributed by atoms with Crippen LogP contribution in [0, 0.1) is 0 Å². The second-order valence-corrected chi connectivity index (χ2v) is 3.91. The Hall–Kier alpha value is -2.34. The Morgan fingerprint density at radius 3 is 3.00 bits per heavy atom. The fraction of sp³-hybridized carbons (Fsp3) is 0. The average molecular weight is 263 g/mol. The highest BCUT2D eigenvalue weighted by Crippen LogP contribution is 2.22. The third kappa shape index (κ3) is 1.72. The van der Waals surface area contributed by atoms with Crippen molar-refractivity contribution in [3.8, 4) is 0 Å². The highest BCUT2D eigenvalue weighted by molar-refractivity contribution is 6.37. The first-order chi connectivity index (χ1) is 8.75. The van der Waals surface area contributed by atoms with Gasteiger partial charge in [-0.3, -0.25) is 4.79 Å². The van der Waals surface area contributed by atoms with Crippen LogP contribution in [-0.2, 0) is 0 Å². The fourth-order valence-electron chi connectivity index (χ4n) is 1.57. The number of nitrogens with zero attached hydrogens (tertiary/aromatic N) is 3. The molecule has 0 aliphatic heterocycles. The maximum atomic E-state index is 11.9. The van der Waals surface area contributed by atoms with Gasteiger partial charge < -0.3 is 9.84 Å². The van der Waals surface area contributed by atoms with Crippen molar-refractivity contribution in [2.24, 2.45) is 0 Å². The molecule has 0 aliphatic rings. The third-order valence-electron chi connectivity index (χ3n) is 2.37. The molecule has 1 N–H and O–H groups in total. The summed E-state index contributed by atoms with van der Waals surface area (Å²) >= 11 is 6.10. The van der Waals surface area contributed by atoms with Gasteiger partial charge >= 0.3 is 0 Å². The summed E-state index contributed by atoms with van der Waals surface area (Å²) in [6.45, 7) is 0. The zero-order chi connectivity index (χ0) is 12.5. The van der Waals surface area contributed by atoms with Crippen molar-refractivity contribution in [1.82, 2.24) is 14.8 Å². The summed E-state index contributed by atoms with van der Waals surface area (Å²) in [5.74, 6) is -0.120. The van der Waals surface area contributed by atoms with Crippen molar-refractivity contribution in [2.75, 3.05) is 5.32 Å². The first-order valence-corrected chi connectivity index (χ1v) is 5.48. The van der Waals surface area contributed by atoms with Crippen LogP contribution in [0.15, 0.2) is 41.2 Å². The number of pyridine rings is 1. The van der Waals surface area contributed by atoms with Crippen molar-refractivity contribution in [3.63, 3.8) is 0 Å². The molecule has 0 fully saturated rings. The van der Waals surface area contributed by atoms with Gasteiger partial charge in [0.15, 0.2) is 11.5 Å². The molecule has 0 unspecified atom stereocenters. The molecule has 0 aromatic carbocycles. The van der Waals surface area contributed by atoms with Crippen LogP contribution in [0.3, 0.4) is 0 Å². The lowest BCUT2D eigenvalue weighted by molar-refractivity contribution is 0.102. The van der Waals surface area contributed by atoms with E-state index in [1.807, 2.05) is 6.07 Å². The Kier molecular flexibility index (Phi) is 2.49. The number of aromatic nitrogens is 3. The summed E-state index contributed by atoms with van der Waals surface area (Å²) in [5.41, 5.74) is 0.815. The van der Waals surface area contributed by atoms with Crippen LogP contribution >= 0.6 is 11.6 Å². The van der Waals surface area contributed by atoms with Crippen molar-refractivity contribution in [3.05, 3.63) is 47.4 Å². The number of rotatable bonds is 2. The van der Waals surface area contributed by atoms with Gasteiger partial charge in [-0.1, -0.05) is 22.8 Å². The second-order valence-electron chi connectivity index (χ2n) is 3.53. The van der Waals surface area contributed by atoms with Crippen LogP contribution in [0.4, 0.5) is 5.82 Å². The molecule has 6 nitrogen and oxygen atoms in total. The fourth-order valence-corrected chi connectivity index (χ4v) is 1.84. The summed E-state index contributed by atoms with van der Waals surface area (Å²) in [6, 6.07) is 6.93. The second kappa shape index (κ2) is 4.15. The van der Waals surface area contributed by atoms with Crippen molar-refractivity contribution >= 4 is 28.8 Å². The summed E-state index contributed by atoms with van der Waals surface area (Å²) in [6.07, 6.45) is 3.08. The monoisotopic (exact) mass is 262 g/mol. The first kappa shape index (κ1) is 10.8. The Bertz CT molecular complexity index is 705. The first-order valence-electron chi connectivity index (χ1n) is 5.10. The van der Waals surface area contributed by atoms with Gasteiger partial charge in [0.1, 0.15) is 6.26 Å². The topological polar surface area (TPSA) is 72.4 Å². The number of carbonyl (C=O) groups is 1. The van der Waals surface area contributed by atoms with Gasteiger partial charge in [-0.2, -0.15) is 5.10 Å². The van der Waals surface area contributed by atoms with Gasteiger partial charge in [-0.15, -0.1) is 0 Å². The third-order valence-corrected chi connectivity index (χ3v) is 2.75. The summed E-state index contributed by atoms with van der Waals surface area (Å²) in [4.78, 5) is 11.9. The Morgan fingerprint density at radius 1 is 1.39 bits per heavy atom. The molecule has 0 aliphatic carbocycles. The van der Waals surface area contributed by atoms with Gasteiger partial charge in [0, 0.05) is 12.3 Å². The van der Waals surface area contributed by atoms with Gasteiger partial charge in [0.25, 0.3) is 5.91 Å². The Morgan fingerprint density at radius 2 is 2.28 bits per heavy atom. The van der Waals surface area contributed by atoms with E-state index in [1.165, 1.54) is 12.3 Å². The molecule has 3 aromatic rings. The number of carbonyl (C=O) groups excluding carboxylic acids is 1. The van der Waals surface area contributed by atoms with Crippen LogP contribution in [0.25, 0.3) is 5.52 Å². The average Bonchev–Trinajstić information content (AvgIpc) is 2.98. The molecule has 3 heterocycles. The van der Waals surface area contributed by atoms with Crippen LogP contribution in [0.2, 0.25) is 5.02 Å². The minimum absolute atomic E-state index is 0.144. The van der Waals surface area contributed by atoms with E-state index in [9.17, 15) is 4.79 Å². The van der Waals surface area contributed by atoms with E-state index in [1.54, 1.807) is 22.8 Å². The largest absolute Gasteiger partial charge is 0.363 e. The lowest BCUT2D eigenvalue weighted by Crippen LogP contribution is -2.13. The van der Waals surface area contributed by atoms with E-state index in [4.69, 9.17) is 11.6 Å². The molecule has 0 spiro atoms. The number of fused-ring (bicyclic) bond motifs is 1. The number of hydrogen-bond acceptors (Lipinski definition) is 4. The van der Waals surface area contributed by atoms with E-state index in [0.29, 0.717) is 16.4 Å². The maximum Gasteiger partial charge on any atom is 0.279 e. The van der Waals surface area contributed by atoms with E-state index < -0.39 is 5.91 Å². The molecular formula is C11H7ClN4O2. The molecule has 3 aromatic heterocycles. The highest BCUT2D eigenvalue weighted by Gasteiger charge is 2.18. The molecule has 0 atom stereocenters. The maximum absolute atomic E-state index is 11.9. The zero-order valence-corrected chi connectivity index (χ0v) is 9.76. The Labute approximate surface area is 106 Å². The van der Waals surface area contributed by atoms with Crippen LogP contribution < -0.4 is 5.32 Å². The molecule has 18 heavy (non-hydrogen) atoms. The molecule has 3 rings (SSSR count). The smallest absolute Gasteiger partial charge is 0.279 e. The van der Waals surface area contributed by atoms with Gasteiger partial charge in [-0.05, 0) is 12.1 Å². The molecule has 7 heteroatoms. The number of anilines is 1. The SMILES string of the molecule is O=C(Nc1ccon1)c1nn2ccccc2c1Cl. The van der Waals surface area contributed by atoms with E-state index in [-0.39, 0.29) is 5.69 Å². The molecule has 1 amide bonds. The number of nitrogens with one attached hydrogen (secondary N) is 1. The zero-order valence-electron chi connectivity index (χ0n) is 9.00. The summed E-state index contributed by atoms with van der Waals surface area (Å²) < 4.78 is 6.16. The van der Waals surface area contributed by atoms with Gasteiger partial charge in [0.05, 0.1) is 10.5 Å². The molecule has 0 bridgehead atoms. The minimum atomic E-state index is -0.433.